The third-order valence-electron chi connectivity index (χ3n) is 5.80. The summed E-state index contributed by atoms with van der Waals surface area (Å²) in [6, 6.07) is 0.550. The van der Waals surface area contributed by atoms with E-state index in [4.69, 9.17) is 0 Å². The first-order valence-corrected chi connectivity index (χ1v) is 10.4. The van der Waals surface area contributed by atoms with Crippen LogP contribution in [0, 0.1) is 0 Å². The predicted octanol–water partition coefficient (Wildman–Crippen LogP) is 1.91. The maximum atomic E-state index is 12.5. The number of hydrogen-bond acceptors (Lipinski definition) is 5. The summed E-state index contributed by atoms with van der Waals surface area (Å²) in [5, 5.41) is 9.11. The molecule has 0 atom stereocenters. The van der Waals surface area contributed by atoms with Gasteiger partial charge in [0.05, 0.1) is 12.9 Å². The average molecular weight is 386 g/mol. The van der Waals surface area contributed by atoms with Gasteiger partial charge in [-0.3, -0.25) is 4.79 Å². The van der Waals surface area contributed by atoms with E-state index in [0.29, 0.717) is 30.8 Å². The Morgan fingerprint density at radius 2 is 1.96 bits per heavy atom. The van der Waals surface area contributed by atoms with Crippen molar-refractivity contribution in [3.8, 4) is 0 Å². The molecule has 1 saturated carbocycles. The molecule has 1 aliphatic carbocycles. The molecule has 28 heavy (non-hydrogen) atoms. The van der Waals surface area contributed by atoms with Crippen molar-refractivity contribution in [3.05, 3.63) is 30.4 Å². The molecular weight excluding hydrogens is 354 g/mol. The molecule has 1 aliphatic heterocycles. The molecule has 8 nitrogen and oxygen atoms in total. The van der Waals surface area contributed by atoms with Gasteiger partial charge in [0, 0.05) is 43.9 Å². The fourth-order valence-electron chi connectivity index (χ4n) is 4.09. The van der Waals surface area contributed by atoms with E-state index in [1.807, 2.05) is 36.1 Å². The molecule has 0 radical (unpaired) electrons. The molecule has 0 bridgehead atoms. The molecule has 152 valence electrons. The number of carbonyl (C=O) groups excluding carboxylic acids is 1. The van der Waals surface area contributed by atoms with E-state index >= 15 is 0 Å². The standard InChI is InChI=1S/C20H31N7O/c1-24(2)10-3-4-19(28)26-11-7-16(8-12-26)20-23-22-18(27(20)17-5-6-17)14-25-13-9-21-15-25/h9,13,15-17H,3-8,10-12,14H2,1-2H3. The second-order valence-corrected chi connectivity index (χ2v) is 8.37. The number of piperidine rings is 1. The minimum Gasteiger partial charge on any atom is -0.343 e. The Bertz CT molecular complexity index is 771. The molecule has 0 N–H and O–H groups in total. The number of nitrogens with zero attached hydrogens (tertiary/aromatic N) is 7. The van der Waals surface area contributed by atoms with E-state index < -0.39 is 0 Å². The fourth-order valence-corrected chi connectivity index (χ4v) is 4.09. The highest BCUT2D eigenvalue weighted by Gasteiger charge is 2.34. The van der Waals surface area contributed by atoms with Gasteiger partial charge in [0.25, 0.3) is 0 Å². The third-order valence-corrected chi connectivity index (χ3v) is 5.80. The van der Waals surface area contributed by atoms with Gasteiger partial charge in [-0.2, -0.15) is 0 Å². The topological polar surface area (TPSA) is 72.1 Å². The maximum Gasteiger partial charge on any atom is 0.222 e. The summed E-state index contributed by atoms with van der Waals surface area (Å²) < 4.78 is 4.42. The van der Waals surface area contributed by atoms with Gasteiger partial charge < -0.3 is 18.9 Å². The van der Waals surface area contributed by atoms with Crippen molar-refractivity contribution in [2.75, 3.05) is 33.7 Å². The normalized spacial score (nSPS) is 18.2. The Morgan fingerprint density at radius 3 is 2.61 bits per heavy atom. The Hall–Kier alpha value is -2.22. The fraction of sp³-hybridized carbons (Fsp3) is 0.700. The number of likely N-dealkylation sites (tertiary alicyclic amines) is 1. The van der Waals surface area contributed by atoms with Crippen LogP contribution in [0.4, 0.5) is 0 Å². The summed E-state index contributed by atoms with van der Waals surface area (Å²) in [5.41, 5.74) is 0. The zero-order valence-electron chi connectivity index (χ0n) is 17.0. The minimum absolute atomic E-state index is 0.296. The van der Waals surface area contributed by atoms with E-state index in [1.54, 1.807) is 6.20 Å². The van der Waals surface area contributed by atoms with E-state index in [9.17, 15) is 4.79 Å². The van der Waals surface area contributed by atoms with Crippen LogP contribution in [0.2, 0.25) is 0 Å². The van der Waals surface area contributed by atoms with Crippen molar-refractivity contribution in [1.29, 1.82) is 0 Å². The van der Waals surface area contributed by atoms with Crippen molar-refractivity contribution in [3.63, 3.8) is 0 Å². The molecule has 0 spiro atoms. The number of imidazole rings is 1. The van der Waals surface area contributed by atoms with Crippen molar-refractivity contribution in [2.45, 2.75) is 57.0 Å². The molecule has 0 aromatic carbocycles. The molecule has 4 rings (SSSR count). The summed E-state index contributed by atoms with van der Waals surface area (Å²) in [5.74, 6) is 2.84. The van der Waals surface area contributed by atoms with Gasteiger partial charge in [-0.1, -0.05) is 0 Å². The van der Waals surface area contributed by atoms with Gasteiger partial charge in [-0.15, -0.1) is 10.2 Å². The summed E-state index contributed by atoms with van der Waals surface area (Å²) in [6.07, 6.45) is 11.6. The van der Waals surface area contributed by atoms with Crippen LogP contribution in [-0.4, -0.2) is 73.8 Å². The number of carbonyl (C=O) groups is 1. The highest BCUT2D eigenvalue weighted by atomic mass is 16.2. The Morgan fingerprint density at radius 1 is 1.18 bits per heavy atom. The van der Waals surface area contributed by atoms with E-state index in [2.05, 4.69) is 24.6 Å². The number of aromatic nitrogens is 5. The van der Waals surface area contributed by atoms with Crippen LogP contribution in [0.1, 0.15) is 62.1 Å². The van der Waals surface area contributed by atoms with Gasteiger partial charge in [0.2, 0.25) is 5.91 Å². The molecule has 2 aliphatic rings. The van der Waals surface area contributed by atoms with Crippen molar-refractivity contribution < 1.29 is 4.79 Å². The number of rotatable bonds is 8. The lowest BCUT2D eigenvalue weighted by Gasteiger charge is -2.32. The Kier molecular flexibility index (Phi) is 5.75. The van der Waals surface area contributed by atoms with Gasteiger partial charge in [0.15, 0.2) is 5.82 Å². The molecule has 3 heterocycles. The van der Waals surface area contributed by atoms with Crippen LogP contribution in [0.25, 0.3) is 0 Å². The van der Waals surface area contributed by atoms with E-state index in [1.165, 1.54) is 12.8 Å². The molecule has 2 aromatic rings. The van der Waals surface area contributed by atoms with Crippen LogP contribution in [0.5, 0.6) is 0 Å². The lowest BCUT2D eigenvalue weighted by atomic mass is 9.95. The monoisotopic (exact) mass is 385 g/mol. The van der Waals surface area contributed by atoms with Crippen LogP contribution in [-0.2, 0) is 11.3 Å². The first-order valence-electron chi connectivity index (χ1n) is 10.4. The third kappa shape index (κ3) is 4.43. The molecule has 0 unspecified atom stereocenters. The lowest BCUT2D eigenvalue weighted by Crippen LogP contribution is -2.38. The smallest absolute Gasteiger partial charge is 0.222 e. The Balaban J connectivity index is 1.37. The molecule has 1 saturated heterocycles. The summed E-state index contributed by atoms with van der Waals surface area (Å²) >= 11 is 0. The zero-order valence-corrected chi connectivity index (χ0v) is 17.0. The van der Waals surface area contributed by atoms with Gasteiger partial charge in [0.1, 0.15) is 5.82 Å². The van der Waals surface area contributed by atoms with Crippen LogP contribution >= 0.6 is 0 Å². The second kappa shape index (κ2) is 8.43. The summed E-state index contributed by atoms with van der Waals surface area (Å²) in [6.45, 7) is 3.35. The van der Waals surface area contributed by atoms with Crippen LogP contribution < -0.4 is 0 Å². The number of amides is 1. The quantitative estimate of drug-likeness (QED) is 0.694. The minimum atomic E-state index is 0.296. The molecular formula is C20H31N7O. The molecule has 1 amide bonds. The van der Waals surface area contributed by atoms with Crippen molar-refractivity contribution in [1.82, 2.24) is 34.1 Å². The second-order valence-electron chi connectivity index (χ2n) is 8.37. The first kappa shape index (κ1) is 19.1. The first-order chi connectivity index (χ1) is 13.6. The average Bonchev–Trinajstić information content (AvgIpc) is 3.23. The summed E-state index contributed by atoms with van der Waals surface area (Å²) in [4.78, 5) is 20.8. The van der Waals surface area contributed by atoms with Crippen molar-refractivity contribution >= 4 is 5.91 Å². The molecule has 2 fully saturated rings. The lowest BCUT2D eigenvalue weighted by molar-refractivity contribution is -0.132. The van der Waals surface area contributed by atoms with Crippen LogP contribution in [0.3, 0.4) is 0 Å². The van der Waals surface area contributed by atoms with E-state index in [0.717, 1.165) is 50.5 Å². The highest BCUT2D eigenvalue weighted by molar-refractivity contribution is 5.76. The maximum absolute atomic E-state index is 12.5. The SMILES string of the molecule is CN(C)CCCC(=O)N1CCC(c2nnc(Cn3ccnc3)n2C2CC2)CC1. The Labute approximate surface area is 166 Å². The highest BCUT2D eigenvalue weighted by Crippen LogP contribution is 2.40. The van der Waals surface area contributed by atoms with Gasteiger partial charge >= 0.3 is 0 Å². The molecule has 8 heteroatoms. The van der Waals surface area contributed by atoms with Gasteiger partial charge in [-0.05, 0) is 52.7 Å². The van der Waals surface area contributed by atoms with Crippen molar-refractivity contribution in [2.24, 2.45) is 0 Å². The van der Waals surface area contributed by atoms with Gasteiger partial charge in [-0.25, -0.2) is 4.98 Å². The van der Waals surface area contributed by atoms with E-state index in [-0.39, 0.29) is 0 Å². The number of hydrogen-bond donors (Lipinski definition) is 0. The summed E-state index contributed by atoms with van der Waals surface area (Å²) in [7, 11) is 4.10. The predicted molar refractivity (Wildman–Crippen MR) is 106 cm³/mol. The van der Waals surface area contributed by atoms with Crippen LogP contribution in [0.15, 0.2) is 18.7 Å². The zero-order chi connectivity index (χ0) is 19.5. The largest absolute Gasteiger partial charge is 0.343 e. The molecule has 2 aromatic heterocycles.